The monoisotopic (exact) mass is 296 g/mol. The fourth-order valence-corrected chi connectivity index (χ4v) is 2.64. The highest BCUT2D eigenvalue weighted by Gasteiger charge is 2.21. The van der Waals surface area contributed by atoms with Crippen molar-refractivity contribution < 1.29 is 9.84 Å². The second-order valence-electron chi connectivity index (χ2n) is 6.06. The van der Waals surface area contributed by atoms with Gasteiger partial charge in [-0.05, 0) is 33.0 Å². The standard InChI is InChI=1S/C15H28N4O2/c1-17(2)10-11-21-15-4-8-18(9-5-15)12-14(20)13-19-7-3-6-16-19/h3,6-7,14-15,20H,4-5,8-13H2,1-2H3/t14-/m0/s1. The lowest BCUT2D eigenvalue weighted by molar-refractivity contribution is -0.00787. The molecule has 2 heterocycles. The summed E-state index contributed by atoms with van der Waals surface area (Å²) < 4.78 is 7.67. The molecule has 1 aliphatic rings. The molecule has 1 aromatic heterocycles. The molecule has 1 saturated heterocycles. The third-order valence-electron chi connectivity index (χ3n) is 3.85. The minimum absolute atomic E-state index is 0.365. The Morgan fingerprint density at radius 1 is 1.33 bits per heavy atom. The molecule has 0 amide bonds. The molecule has 2 rings (SSSR count). The number of aliphatic hydroxyl groups excluding tert-OH is 1. The van der Waals surface area contributed by atoms with E-state index in [1.807, 2.05) is 12.3 Å². The molecule has 1 aliphatic heterocycles. The van der Waals surface area contributed by atoms with Crippen molar-refractivity contribution >= 4 is 0 Å². The molecule has 1 N–H and O–H groups in total. The van der Waals surface area contributed by atoms with Gasteiger partial charge in [-0.3, -0.25) is 4.68 Å². The van der Waals surface area contributed by atoms with E-state index in [0.717, 1.165) is 39.1 Å². The van der Waals surface area contributed by atoms with Crippen molar-refractivity contribution in [3.8, 4) is 0 Å². The summed E-state index contributed by atoms with van der Waals surface area (Å²) in [4.78, 5) is 4.46. The summed E-state index contributed by atoms with van der Waals surface area (Å²) in [6.07, 6.45) is 5.75. The van der Waals surface area contributed by atoms with E-state index >= 15 is 0 Å². The summed E-state index contributed by atoms with van der Waals surface area (Å²) in [5.74, 6) is 0. The molecule has 0 aliphatic carbocycles. The molecule has 0 saturated carbocycles. The van der Waals surface area contributed by atoms with Gasteiger partial charge in [-0.25, -0.2) is 0 Å². The zero-order valence-corrected chi connectivity index (χ0v) is 13.2. The van der Waals surface area contributed by atoms with Gasteiger partial charge in [0, 0.05) is 38.6 Å². The number of hydrogen-bond acceptors (Lipinski definition) is 5. The number of β-amino-alcohol motifs (C(OH)–C–C–N with tert-alkyl or cyclic N) is 1. The van der Waals surface area contributed by atoms with Crippen molar-refractivity contribution in [2.45, 2.75) is 31.6 Å². The van der Waals surface area contributed by atoms with Crippen molar-refractivity contribution in [1.29, 1.82) is 0 Å². The van der Waals surface area contributed by atoms with Crippen LogP contribution in [0.15, 0.2) is 18.5 Å². The van der Waals surface area contributed by atoms with Gasteiger partial charge >= 0.3 is 0 Å². The van der Waals surface area contributed by atoms with Crippen LogP contribution < -0.4 is 0 Å². The Morgan fingerprint density at radius 3 is 2.71 bits per heavy atom. The predicted molar refractivity (Wildman–Crippen MR) is 82.2 cm³/mol. The Morgan fingerprint density at radius 2 is 2.10 bits per heavy atom. The highest BCUT2D eigenvalue weighted by atomic mass is 16.5. The molecule has 120 valence electrons. The van der Waals surface area contributed by atoms with Gasteiger partial charge in [-0.15, -0.1) is 0 Å². The summed E-state index contributed by atoms with van der Waals surface area (Å²) in [6, 6.07) is 1.88. The fourth-order valence-electron chi connectivity index (χ4n) is 2.64. The molecule has 0 unspecified atom stereocenters. The maximum atomic E-state index is 10.1. The molecular formula is C15H28N4O2. The average molecular weight is 296 g/mol. The molecule has 0 radical (unpaired) electrons. The Bertz CT molecular complexity index is 375. The number of hydrogen-bond donors (Lipinski definition) is 1. The molecule has 21 heavy (non-hydrogen) atoms. The van der Waals surface area contributed by atoms with Crippen molar-refractivity contribution in [3.63, 3.8) is 0 Å². The van der Waals surface area contributed by atoms with Crippen LogP contribution in [0.5, 0.6) is 0 Å². The molecule has 1 aromatic rings. The lowest BCUT2D eigenvalue weighted by Crippen LogP contribution is -2.42. The smallest absolute Gasteiger partial charge is 0.0862 e. The predicted octanol–water partition coefficient (Wildman–Crippen LogP) is 0.287. The Hall–Kier alpha value is -0.950. The quantitative estimate of drug-likeness (QED) is 0.747. The van der Waals surface area contributed by atoms with Crippen LogP contribution in [-0.2, 0) is 11.3 Å². The van der Waals surface area contributed by atoms with Gasteiger partial charge in [0.15, 0.2) is 0 Å². The van der Waals surface area contributed by atoms with Crippen LogP contribution in [0.25, 0.3) is 0 Å². The van der Waals surface area contributed by atoms with Crippen LogP contribution in [0.3, 0.4) is 0 Å². The Balaban J connectivity index is 1.60. The van der Waals surface area contributed by atoms with Gasteiger partial charge in [-0.2, -0.15) is 5.10 Å². The number of piperidine rings is 1. The molecule has 0 bridgehead atoms. The molecule has 6 heteroatoms. The first-order valence-corrected chi connectivity index (χ1v) is 7.77. The minimum atomic E-state index is -0.365. The van der Waals surface area contributed by atoms with Gasteiger partial charge in [-0.1, -0.05) is 0 Å². The first-order valence-electron chi connectivity index (χ1n) is 7.77. The van der Waals surface area contributed by atoms with Crippen molar-refractivity contribution in [1.82, 2.24) is 19.6 Å². The van der Waals surface area contributed by atoms with Gasteiger partial charge in [0.2, 0.25) is 0 Å². The summed E-state index contributed by atoms with van der Waals surface area (Å²) in [7, 11) is 4.12. The first kappa shape index (κ1) is 16.4. The molecule has 0 aromatic carbocycles. The number of nitrogens with zero attached hydrogens (tertiary/aromatic N) is 4. The van der Waals surface area contributed by atoms with Crippen LogP contribution in [0.2, 0.25) is 0 Å². The second-order valence-corrected chi connectivity index (χ2v) is 6.06. The number of likely N-dealkylation sites (tertiary alicyclic amines) is 1. The van der Waals surface area contributed by atoms with E-state index in [1.165, 1.54) is 0 Å². The summed E-state index contributed by atoms with van der Waals surface area (Å²) in [5.41, 5.74) is 0. The van der Waals surface area contributed by atoms with Crippen LogP contribution in [0, 0.1) is 0 Å². The number of aliphatic hydroxyl groups is 1. The minimum Gasteiger partial charge on any atom is -0.390 e. The lowest BCUT2D eigenvalue weighted by Gasteiger charge is -2.33. The highest BCUT2D eigenvalue weighted by molar-refractivity contribution is 4.80. The molecule has 1 fully saturated rings. The van der Waals surface area contributed by atoms with Gasteiger partial charge in [0.05, 0.1) is 25.4 Å². The third kappa shape index (κ3) is 6.13. The van der Waals surface area contributed by atoms with E-state index in [0.29, 0.717) is 19.2 Å². The van der Waals surface area contributed by atoms with Crippen LogP contribution in [-0.4, -0.2) is 83.8 Å². The van der Waals surface area contributed by atoms with E-state index in [-0.39, 0.29) is 6.10 Å². The van der Waals surface area contributed by atoms with Crippen LogP contribution in [0.4, 0.5) is 0 Å². The summed E-state index contributed by atoms with van der Waals surface area (Å²) >= 11 is 0. The van der Waals surface area contributed by atoms with Crippen LogP contribution >= 0.6 is 0 Å². The normalized spacial score (nSPS) is 19.2. The SMILES string of the molecule is CN(C)CCOC1CCN(C[C@H](O)Cn2cccn2)CC1. The second kappa shape index (κ2) is 8.48. The van der Waals surface area contributed by atoms with Crippen molar-refractivity contribution in [3.05, 3.63) is 18.5 Å². The molecule has 1 atom stereocenters. The van der Waals surface area contributed by atoms with Crippen LogP contribution in [0.1, 0.15) is 12.8 Å². The van der Waals surface area contributed by atoms with E-state index in [9.17, 15) is 5.11 Å². The van der Waals surface area contributed by atoms with Crippen molar-refractivity contribution in [2.75, 3.05) is 46.9 Å². The molecular weight excluding hydrogens is 268 g/mol. The van der Waals surface area contributed by atoms with E-state index in [1.54, 1.807) is 10.9 Å². The zero-order chi connectivity index (χ0) is 15.1. The zero-order valence-electron chi connectivity index (χ0n) is 13.2. The maximum absolute atomic E-state index is 10.1. The third-order valence-corrected chi connectivity index (χ3v) is 3.85. The summed E-state index contributed by atoms with van der Waals surface area (Å²) in [6.45, 7) is 5.06. The van der Waals surface area contributed by atoms with E-state index in [2.05, 4.69) is 29.0 Å². The average Bonchev–Trinajstić information content (AvgIpc) is 2.93. The topological polar surface area (TPSA) is 53.8 Å². The van der Waals surface area contributed by atoms with Gasteiger partial charge in [0.1, 0.15) is 0 Å². The maximum Gasteiger partial charge on any atom is 0.0862 e. The van der Waals surface area contributed by atoms with Gasteiger partial charge < -0.3 is 19.6 Å². The number of aromatic nitrogens is 2. The van der Waals surface area contributed by atoms with E-state index < -0.39 is 0 Å². The largest absolute Gasteiger partial charge is 0.390 e. The summed E-state index contributed by atoms with van der Waals surface area (Å²) in [5, 5.41) is 14.2. The first-order chi connectivity index (χ1) is 10.1. The Labute approximate surface area is 127 Å². The number of rotatable bonds is 8. The van der Waals surface area contributed by atoms with Crippen molar-refractivity contribution in [2.24, 2.45) is 0 Å². The number of likely N-dealkylation sites (N-methyl/N-ethyl adjacent to an activating group) is 1. The Kier molecular flexibility index (Phi) is 6.63. The lowest BCUT2D eigenvalue weighted by atomic mass is 10.1. The molecule has 0 spiro atoms. The van der Waals surface area contributed by atoms with E-state index in [4.69, 9.17) is 4.74 Å². The molecule has 6 nitrogen and oxygen atoms in total. The van der Waals surface area contributed by atoms with Gasteiger partial charge in [0.25, 0.3) is 0 Å². The number of ether oxygens (including phenoxy) is 1. The fraction of sp³-hybridized carbons (Fsp3) is 0.800. The highest BCUT2D eigenvalue weighted by Crippen LogP contribution is 2.14.